The van der Waals surface area contributed by atoms with Crippen molar-refractivity contribution < 1.29 is 0 Å². The highest BCUT2D eigenvalue weighted by molar-refractivity contribution is 5.43. The van der Waals surface area contributed by atoms with Crippen LogP contribution in [0.1, 0.15) is 31.5 Å². The lowest BCUT2D eigenvalue weighted by atomic mass is 9.92. The highest BCUT2D eigenvalue weighted by Crippen LogP contribution is 2.25. The van der Waals surface area contributed by atoms with Crippen molar-refractivity contribution in [2.75, 3.05) is 18.0 Å². The first-order valence-electron chi connectivity index (χ1n) is 6.51. The van der Waals surface area contributed by atoms with Crippen molar-refractivity contribution in [3.8, 4) is 0 Å². The first kappa shape index (κ1) is 12.4. The van der Waals surface area contributed by atoms with Gasteiger partial charge in [0.2, 0.25) is 0 Å². The topological polar surface area (TPSA) is 42.1 Å². The van der Waals surface area contributed by atoms with Gasteiger partial charge in [-0.1, -0.05) is 13.8 Å². The van der Waals surface area contributed by atoms with Crippen LogP contribution in [0.4, 0.5) is 5.82 Å². The maximum atomic E-state index is 5.73. The third-order valence-electron chi connectivity index (χ3n) is 3.43. The van der Waals surface area contributed by atoms with E-state index in [1.807, 2.05) is 6.92 Å². The third-order valence-corrected chi connectivity index (χ3v) is 3.43. The number of pyridine rings is 1. The molecule has 2 unspecified atom stereocenters. The van der Waals surface area contributed by atoms with Crippen LogP contribution < -0.4 is 10.6 Å². The molecule has 0 bridgehead atoms. The molecule has 1 aliphatic rings. The number of rotatable bonds is 2. The zero-order valence-electron chi connectivity index (χ0n) is 11.1. The predicted molar refractivity (Wildman–Crippen MR) is 72.0 cm³/mol. The summed E-state index contributed by atoms with van der Waals surface area (Å²) in [7, 11) is 0. The van der Waals surface area contributed by atoms with Crippen molar-refractivity contribution in [3.63, 3.8) is 0 Å². The van der Waals surface area contributed by atoms with E-state index in [9.17, 15) is 0 Å². The molecular weight excluding hydrogens is 210 g/mol. The Morgan fingerprint density at radius 3 is 2.53 bits per heavy atom. The second kappa shape index (κ2) is 5.05. The van der Waals surface area contributed by atoms with E-state index < -0.39 is 0 Å². The summed E-state index contributed by atoms with van der Waals surface area (Å²) in [6.45, 7) is 9.51. The summed E-state index contributed by atoms with van der Waals surface area (Å²) >= 11 is 0. The molecule has 2 rings (SSSR count). The molecule has 0 aromatic carbocycles. The molecule has 2 heterocycles. The zero-order chi connectivity index (χ0) is 12.4. The smallest absolute Gasteiger partial charge is 0.129 e. The minimum Gasteiger partial charge on any atom is -0.356 e. The summed E-state index contributed by atoms with van der Waals surface area (Å²) < 4.78 is 0. The summed E-state index contributed by atoms with van der Waals surface area (Å²) in [6, 6.07) is 4.21. The minimum atomic E-state index is 0.593. The van der Waals surface area contributed by atoms with E-state index in [0.29, 0.717) is 6.54 Å². The van der Waals surface area contributed by atoms with Crippen molar-refractivity contribution in [1.29, 1.82) is 0 Å². The van der Waals surface area contributed by atoms with Crippen LogP contribution in [0, 0.1) is 18.8 Å². The van der Waals surface area contributed by atoms with Crippen molar-refractivity contribution in [2.45, 2.75) is 33.7 Å². The van der Waals surface area contributed by atoms with Crippen LogP contribution >= 0.6 is 0 Å². The second-order valence-corrected chi connectivity index (χ2v) is 5.53. The molecule has 0 aliphatic carbocycles. The summed E-state index contributed by atoms with van der Waals surface area (Å²) in [5.41, 5.74) is 7.97. The zero-order valence-corrected chi connectivity index (χ0v) is 11.1. The highest BCUT2D eigenvalue weighted by Gasteiger charge is 2.22. The quantitative estimate of drug-likeness (QED) is 0.852. The van der Waals surface area contributed by atoms with Gasteiger partial charge in [0.1, 0.15) is 5.82 Å². The Labute approximate surface area is 104 Å². The minimum absolute atomic E-state index is 0.593. The maximum absolute atomic E-state index is 5.73. The molecule has 1 aromatic rings. The number of aryl methyl sites for hydroxylation is 1. The van der Waals surface area contributed by atoms with Crippen molar-refractivity contribution in [3.05, 3.63) is 23.4 Å². The van der Waals surface area contributed by atoms with E-state index in [4.69, 9.17) is 5.73 Å². The molecular formula is C14H23N3. The van der Waals surface area contributed by atoms with Gasteiger partial charge in [0.15, 0.2) is 0 Å². The fraction of sp³-hybridized carbons (Fsp3) is 0.643. The van der Waals surface area contributed by atoms with Crippen LogP contribution in [-0.2, 0) is 6.54 Å². The summed E-state index contributed by atoms with van der Waals surface area (Å²) in [5.74, 6) is 2.61. The Morgan fingerprint density at radius 1 is 1.29 bits per heavy atom. The number of nitrogens with zero attached hydrogens (tertiary/aromatic N) is 2. The molecule has 3 nitrogen and oxygen atoms in total. The van der Waals surface area contributed by atoms with E-state index in [-0.39, 0.29) is 0 Å². The van der Waals surface area contributed by atoms with Gasteiger partial charge in [-0.05, 0) is 42.9 Å². The predicted octanol–water partition coefficient (Wildman–Crippen LogP) is 2.33. The van der Waals surface area contributed by atoms with Crippen molar-refractivity contribution in [1.82, 2.24) is 4.98 Å². The Hall–Kier alpha value is -1.09. The number of piperidine rings is 1. The largest absolute Gasteiger partial charge is 0.356 e. The van der Waals surface area contributed by atoms with Gasteiger partial charge in [-0.3, -0.25) is 0 Å². The Kier molecular flexibility index (Phi) is 3.67. The molecule has 1 fully saturated rings. The fourth-order valence-corrected chi connectivity index (χ4v) is 2.85. The SMILES string of the molecule is Cc1cc(CN)cc(N2CC(C)CC(C)C2)n1. The molecule has 17 heavy (non-hydrogen) atoms. The summed E-state index contributed by atoms with van der Waals surface area (Å²) in [5, 5.41) is 0. The molecule has 1 saturated heterocycles. The first-order chi connectivity index (χ1) is 8.08. The molecule has 0 amide bonds. The van der Waals surface area contributed by atoms with E-state index in [2.05, 4.69) is 35.9 Å². The van der Waals surface area contributed by atoms with E-state index in [1.54, 1.807) is 0 Å². The Morgan fingerprint density at radius 2 is 1.94 bits per heavy atom. The number of aromatic nitrogens is 1. The van der Waals surface area contributed by atoms with Crippen molar-refractivity contribution in [2.24, 2.45) is 17.6 Å². The van der Waals surface area contributed by atoms with Crippen LogP contribution in [0.15, 0.2) is 12.1 Å². The van der Waals surface area contributed by atoms with E-state index in [1.165, 1.54) is 12.0 Å². The maximum Gasteiger partial charge on any atom is 0.129 e. The monoisotopic (exact) mass is 233 g/mol. The molecule has 1 aliphatic heterocycles. The van der Waals surface area contributed by atoms with Gasteiger partial charge in [-0.25, -0.2) is 4.98 Å². The molecule has 94 valence electrons. The summed E-state index contributed by atoms with van der Waals surface area (Å²) in [6.07, 6.45) is 1.33. The number of hydrogen-bond donors (Lipinski definition) is 1. The normalized spacial score (nSPS) is 25.1. The molecule has 0 radical (unpaired) electrons. The van der Waals surface area contributed by atoms with Gasteiger partial charge in [0, 0.05) is 25.3 Å². The second-order valence-electron chi connectivity index (χ2n) is 5.53. The molecule has 2 atom stereocenters. The molecule has 3 heteroatoms. The van der Waals surface area contributed by atoms with Gasteiger partial charge in [-0.2, -0.15) is 0 Å². The van der Waals surface area contributed by atoms with E-state index >= 15 is 0 Å². The standard InChI is InChI=1S/C14H23N3/c1-10-4-11(2)9-17(8-10)14-6-13(7-15)5-12(3)16-14/h5-6,10-11H,4,7-9,15H2,1-3H3. The fourth-order valence-electron chi connectivity index (χ4n) is 2.85. The van der Waals surface area contributed by atoms with Gasteiger partial charge in [-0.15, -0.1) is 0 Å². The lowest BCUT2D eigenvalue weighted by Gasteiger charge is -2.36. The molecule has 0 saturated carbocycles. The molecule has 0 spiro atoms. The van der Waals surface area contributed by atoms with Crippen LogP contribution in [0.3, 0.4) is 0 Å². The van der Waals surface area contributed by atoms with Crippen LogP contribution in [0.2, 0.25) is 0 Å². The lowest BCUT2D eigenvalue weighted by Crippen LogP contribution is -2.39. The average Bonchev–Trinajstić information content (AvgIpc) is 2.26. The number of anilines is 1. The van der Waals surface area contributed by atoms with Gasteiger partial charge in [0.25, 0.3) is 0 Å². The number of hydrogen-bond acceptors (Lipinski definition) is 3. The average molecular weight is 233 g/mol. The van der Waals surface area contributed by atoms with Crippen LogP contribution in [-0.4, -0.2) is 18.1 Å². The van der Waals surface area contributed by atoms with Crippen LogP contribution in [0.5, 0.6) is 0 Å². The first-order valence-corrected chi connectivity index (χ1v) is 6.51. The van der Waals surface area contributed by atoms with Crippen LogP contribution in [0.25, 0.3) is 0 Å². The number of nitrogens with two attached hydrogens (primary N) is 1. The Balaban J connectivity index is 2.23. The Bertz CT molecular complexity index is 379. The van der Waals surface area contributed by atoms with Gasteiger partial charge >= 0.3 is 0 Å². The third kappa shape index (κ3) is 2.97. The molecule has 1 aromatic heterocycles. The van der Waals surface area contributed by atoms with Crippen molar-refractivity contribution >= 4 is 5.82 Å². The van der Waals surface area contributed by atoms with Gasteiger partial charge < -0.3 is 10.6 Å². The highest BCUT2D eigenvalue weighted by atomic mass is 15.2. The van der Waals surface area contributed by atoms with Gasteiger partial charge in [0.05, 0.1) is 0 Å². The lowest BCUT2D eigenvalue weighted by molar-refractivity contribution is 0.355. The summed E-state index contributed by atoms with van der Waals surface area (Å²) in [4.78, 5) is 7.05. The van der Waals surface area contributed by atoms with E-state index in [0.717, 1.165) is 36.4 Å². The molecule has 2 N–H and O–H groups in total.